The van der Waals surface area contributed by atoms with E-state index in [2.05, 4.69) is 31.9 Å². The van der Waals surface area contributed by atoms with E-state index in [-0.39, 0.29) is 18.3 Å². The van der Waals surface area contributed by atoms with E-state index >= 15 is 0 Å². The molecule has 0 bridgehead atoms. The first-order chi connectivity index (χ1) is 12.2. The van der Waals surface area contributed by atoms with Gasteiger partial charge in [-0.25, -0.2) is 4.39 Å². The normalized spacial score (nSPS) is 12.2. The summed E-state index contributed by atoms with van der Waals surface area (Å²) in [5, 5.41) is 10.8. The first-order valence-corrected chi connectivity index (χ1v) is 10.4. The van der Waals surface area contributed by atoms with Gasteiger partial charge in [0.1, 0.15) is 11.6 Å². The summed E-state index contributed by atoms with van der Waals surface area (Å²) in [5.41, 5.74) is 1.36. The molecule has 0 unspecified atom stereocenters. The van der Waals surface area contributed by atoms with Crippen molar-refractivity contribution < 1.29 is 14.2 Å². The molecule has 0 radical (unpaired) electrons. The van der Waals surface area contributed by atoms with Crippen LogP contribution in [0.1, 0.15) is 42.7 Å². The monoisotopic (exact) mass is 472 g/mol. The molecule has 0 aliphatic rings. The molecule has 5 heteroatoms. The molecule has 136 valence electrons. The molecule has 0 aromatic heterocycles. The Morgan fingerprint density at radius 3 is 2.36 bits per heavy atom. The number of halogens is 3. The lowest BCUT2D eigenvalue weighted by Crippen LogP contribution is -2.08. The smallest absolute Gasteiger partial charge is 0.130 e. The van der Waals surface area contributed by atoms with Gasteiger partial charge in [0.15, 0.2) is 0 Å². The second kappa shape index (κ2) is 10.9. The maximum absolute atomic E-state index is 14.5. The van der Waals surface area contributed by atoms with Crippen molar-refractivity contribution >= 4 is 31.9 Å². The van der Waals surface area contributed by atoms with Crippen LogP contribution in [0.5, 0.6) is 5.75 Å². The van der Waals surface area contributed by atoms with E-state index in [1.165, 1.54) is 18.9 Å². The number of alkyl halides is 1. The lowest BCUT2D eigenvalue weighted by molar-refractivity contribution is 0.277. The molecule has 2 aromatic carbocycles. The number of ether oxygens (including phenoxy) is 1. The number of rotatable bonds is 10. The van der Waals surface area contributed by atoms with Gasteiger partial charge in [-0.2, -0.15) is 0 Å². The van der Waals surface area contributed by atoms with Gasteiger partial charge >= 0.3 is 0 Å². The van der Waals surface area contributed by atoms with Gasteiger partial charge in [-0.1, -0.05) is 62.9 Å². The summed E-state index contributed by atoms with van der Waals surface area (Å²) in [7, 11) is 0. The van der Waals surface area contributed by atoms with Gasteiger partial charge in [-0.15, -0.1) is 0 Å². The van der Waals surface area contributed by atoms with Gasteiger partial charge in [0.25, 0.3) is 0 Å². The van der Waals surface area contributed by atoms with E-state index in [0.717, 1.165) is 28.2 Å². The summed E-state index contributed by atoms with van der Waals surface area (Å²) in [4.78, 5) is 0. The standard InChI is InChI=1S/C20H23Br2FO2/c21-11-3-1-2-4-12-25-17-9-10-18(20(23)13-17)19(14-24)15-5-7-16(22)8-6-15/h5-10,13,19,24H,1-4,11-12,14H2/t19-/m0/s1. The highest BCUT2D eigenvalue weighted by atomic mass is 79.9. The number of aliphatic hydroxyl groups is 1. The predicted molar refractivity (Wildman–Crippen MR) is 107 cm³/mol. The molecule has 25 heavy (non-hydrogen) atoms. The molecule has 2 aromatic rings. The minimum atomic E-state index is -0.383. The summed E-state index contributed by atoms with van der Waals surface area (Å²) in [6, 6.07) is 12.5. The zero-order valence-corrected chi connectivity index (χ0v) is 17.2. The summed E-state index contributed by atoms with van der Waals surface area (Å²) < 4.78 is 21.1. The van der Waals surface area contributed by atoms with Crippen LogP contribution < -0.4 is 4.74 Å². The highest BCUT2D eigenvalue weighted by molar-refractivity contribution is 9.10. The van der Waals surface area contributed by atoms with Crippen molar-refractivity contribution in [1.29, 1.82) is 0 Å². The molecule has 0 aliphatic heterocycles. The fraction of sp³-hybridized carbons (Fsp3) is 0.400. The van der Waals surface area contributed by atoms with Crippen LogP contribution in [0.15, 0.2) is 46.9 Å². The Kier molecular flexibility index (Phi) is 8.93. The van der Waals surface area contributed by atoms with Crippen molar-refractivity contribution in [2.24, 2.45) is 0 Å². The second-order valence-electron chi connectivity index (χ2n) is 5.92. The average Bonchev–Trinajstić information content (AvgIpc) is 2.62. The third-order valence-corrected chi connectivity index (χ3v) is 5.19. The number of aliphatic hydroxyl groups excluding tert-OH is 1. The fourth-order valence-electron chi connectivity index (χ4n) is 2.70. The highest BCUT2D eigenvalue weighted by Gasteiger charge is 2.18. The molecular formula is C20H23Br2FO2. The molecule has 1 atom stereocenters. The molecule has 0 aliphatic carbocycles. The summed E-state index contributed by atoms with van der Waals surface area (Å²) >= 11 is 6.80. The van der Waals surface area contributed by atoms with E-state index in [1.807, 2.05) is 24.3 Å². The van der Waals surface area contributed by atoms with Crippen LogP contribution >= 0.6 is 31.9 Å². The summed E-state index contributed by atoms with van der Waals surface area (Å²) in [5.74, 6) is -0.195. The molecular weight excluding hydrogens is 451 g/mol. The van der Waals surface area contributed by atoms with Crippen molar-refractivity contribution in [2.45, 2.75) is 31.6 Å². The minimum absolute atomic E-state index is 0.147. The Labute approximate surface area is 165 Å². The van der Waals surface area contributed by atoms with Crippen LogP contribution in [0.3, 0.4) is 0 Å². The van der Waals surface area contributed by atoms with Gasteiger partial charge in [-0.3, -0.25) is 0 Å². The van der Waals surface area contributed by atoms with Crippen LogP contribution in [0.25, 0.3) is 0 Å². The van der Waals surface area contributed by atoms with E-state index in [4.69, 9.17) is 4.74 Å². The maximum Gasteiger partial charge on any atom is 0.130 e. The van der Waals surface area contributed by atoms with Crippen LogP contribution in [-0.4, -0.2) is 23.7 Å². The Morgan fingerprint density at radius 1 is 1.00 bits per heavy atom. The van der Waals surface area contributed by atoms with E-state index in [1.54, 1.807) is 12.1 Å². The molecule has 0 spiro atoms. The molecule has 0 heterocycles. The topological polar surface area (TPSA) is 29.5 Å². The van der Waals surface area contributed by atoms with E-state index in [9.17, 15) is 9.50 Å². The molecule has 2 rings (SSSR count). The lowest BCUT2D eigenvalue weighted by atomic mass is 9.91. The molecule has 1 N–H and O–H groups in total. The summed E-state index contributed by atoms with van der Waals surface area (Å²) in [6.07, 6.45) is 4.42. The lowest BCUT2D eigenvalue weighted by Gasteiger charge is -2.17. The van der Waals surface area contributed by atoms with Crippen LogP contribution in [0.4, 0.5) is 4.39 Å². The molecule has 0 fully saturated rings. The molecule has 2 nitrogen and oxygen atoms in total. The maximum atomic E-state index is 14.5. The Balaban J connectivity index is 1.99. The largest absolute Gasteiger partial charge is 0.493 e. The van der Waals surface area contributed by atoms with Crippen LogP contribution in [0, 0.1) is 5.82 Å². The number of unbranched alkanes of at least 4 members (excludes halogenated alkanes) is 3. The van der Waals surface area contributed by atoms with Gasteiger partial charge in [-0.05, 0) is 42.2 Å². The first-order valence-electron chi connectivity index (χ1n) is 8.50. The number of benzene rings is 2. The number of hydrogen-bond acceptors (Lipinski definition) is 2. The van der Waals surface area contributed by atoms with Crippen molar-refractivity contribution in [1.82, 2.24) is 0 Å². The average molecular weight is 474 g/mol. The zero-order chi connectivity index (χ0) is 18.1. The van der Waals surface area contributed by atoms with Gasteiger partial charge < -0.3 is 9.84 Å². The molecule has 0 saturated heterocycles. The highest BCUT2D eigenvalue weighted by Crippen LogP contribution is 2.29. The SMILES string of the molecule is OC[C@@H](c1ccc(Br)cc1)c1ccc(OCCCCCCBr)cc1F. The first kappa shape index (κ1) is 20.4. The van der Waals surface area contributed by atoms with Gasteiger partial charge in [0.2, 0.25) is 0 Å². The van der Waals surface area contributed by atoms with Gasteiger partial charge in [0, 0.05) is 21.8 Å². The van der Waals surface area contributed by atoms with Crippen molar-refractivity contribution in [3.63, 3.8) is 0 Å². The third-order valence-electron chi connectivity index (χ3n) is 4.10. The van der Waals surface area contributed by atoms with E-state index < -0.39 is 0 Å². The zero-order valence-electron chi connectivity index (χ0n) is 14.1. The third kappa shape index (κ3) is 6.39. The van der Waals surface area contributed by atoms with Crippen molar-refractivity contribution in [3.8, 4) is 5.75 Å². The van der Waals surface area contributed by atoms with Crippen LogP contribution in [-0.2, 0) is 0 Å². The van der Waals surface area contributed by atoms with Crippen molar-refractivity contribution in [3.05, 3.63) is 63.9 Å². The van der Waals surface area contributed by atoms with Crippen molar-refractivity contribution in [2.75, 3.05) is 18.5 Å². The second-order valence-corrected chi connectivity index (χ2v) is 7.63. The van der Waals surface area contributed by atoms with E-state index in [0.29, 0.717) is 17.9 Å². The van der Waals surface area contributed by atoms with Crippen LogP contribution in [0.2, 0.25) is 0 Å². The Bertz CT molecular complexity index is 647. The minimum Gasteiger partial charge on any atom is -0.493 e. The van der Waals surface area contributed by atoms with Gasteiger partial charge in [0.05, 0.1) is 13.2 Å². The number of hydrogen-bond donors (Lipinski definition) is 1. The predicted octanol–water partition coefficient (Wildman–Crippen LogP) is 6.05. The molecule has 0 saturated carbocycles. The summed E-state index contributed by atoms with van der Waals surface area (Å²) in [6.45, 7) is 0.448. The Hall–Kier alpha value is -0.910. The quantitative estimate of drug-likeness (QED) is 0.336. The Morgan fingerprint density at radius 2 is 1.72 bits per heavy atom. The molecule has 0 amide bonds. The fourth-order valence-corrected chi connectivity index (χ4v) is 3.36.